The number of rotatable bonds is 5. The van der Waals surface area contributed by atoms with Crippen LogP contribution in [-0.2, 0) is 16.8 Å². The molecular formula is C21H21BrN4O2. The monoisotopic (exact) mass is 440 g/mol. The number of hydrogen-bond donors (Lipinski definition) is 1. The van der Waals surface area contributed by atoms with E-state index in [1.807, 2.05) is 54.3 Å². The number of aromatic nitrogens is 3. The van der Waals surface area contributed by atoms with E-state index in [4.69, 9.17) is 4.74 Å². The Morgan fingerprint density at radius 3 is 2.79 bits per heavy atom. The zero-order valence-corrected chi connectivity index (χ0v) is 17.4. The molecule has 1 fully saturated rings. The second-order valence-electron chi connectivity index (χ2n) is 7.16. The lowest BCUT2D eigenvalue weighted by molar-refractivity contribution is -0.132. The van der Waals surface area contributed by atoms with Crippen LogP contribution in [0.15, 0.2) is 53.1 Å². The summed E-state index contributed by atoms with van der Waals surface area (Å²) in [5.74, 6) is 0.922. The number of halogens is 1. The van der Waals surface area contributed by atoms with Gasteiger partial charge < -0.3 is 9.64 Å². The number of nitrogens with one attached hydrogen (secondary N) is 1. The molecule has 0 radical (unpaired) electrons. The van der Waals surface area contributed by atoms with Crippen LogP contribution in [0.1, 0.15) is 24.6 Å². The predicted molar refractivity (Wildman–Crippen MR) is 110 cm³/mol. The van der Waals surface area contributed by atoms with Crippen LogP contribution in [0.25, 0.3) is 11.4 Å². The largest absolute Gasteiger partial charge is 0.497 e. The molecule has 4 rings (SSSR count). The number of nitrogens with zero attached hydrogens (tertiary/aromatic N) is 3. The number of carbonyl (C=O) groups is 1. The second kappa shape index (κ2) is 7.39. The number of H-pyrrole nitrogens is 1. The molecule has 1 N–H and O–H groups in total. The van der Waals surface area contributed by atoms with Gasteiger partial charge in [0.25, 0.3) is 0 Å². The van der Waals surface area contributed by atoms with Gasteiger partial charge in [-0.2, -0.15) is 5.10 Å². The molecule has 1 unspecified atom stereocenters. The quantitative estimate of drug-likeness (QED) is 0.652. The molecule has 1 aliphatic rings. The molecule has 0 saturated carbocycles. The summed E-state index contributed by atoms with van der Waals surface area (Å²) in [6, 6.07) is 13.5. The summed E-state index contributed by atoms with van der Waals surface area (Å²) in [5.41, 5.74) is 2.78. The van der Waals surface area contributed by atoms with E-state index in [1.165, 1.54) is 0 Å². The fraction of sp³-hybridized carbons (Fsp3) is 0.286. The lowest BCUT2D eigenvalue weighted by Crippen LogP contribution is -2.35. The average molecular weight is 441 g/mol. The molecule has 28 heavy (non-hydrogen) atoms. The van der Waals surface area contributed by atoms with Crippen LogP contribution in [0.5, 0.6) is 5.75 Å². The number of aromatic amines is 1. The van der Waals surface area contributed by atoms with Gasteiger partial charge in [0.15, 0.2) is 0 Å². The van der Waals surface area contributed by atoms with Crippen molar-refractivity contribution in [3.63, 3.8) is 0 Å². The molecule has 3 aromatic rings. The minimum atomic E-state index is -0.612. The fourth-order valence-corrected chi connectivity index (χ4v) is 4.03. The average Bonchev–Trinajstić information content (AvgIpc) is 3.31. The summed E-state index contributed by atoms with van der Waals surface area (Å²) < 4.78 is 6.07. The van der Waals surface area contributed by atoms with Gasteiger partial charge in [0.05, 0.1) is 18.2 Å². The minimum Gasteiger partial charge on any atom is -0.497 e. The van der Waals surface area contributed by atoms with Crippen molar-refractivity contribution in [1.29, 1.82) is 0 Å². The Morgan fingerprint density at radius 2 is 2.07 bits per heavy atom. The summed E-state index contributed by atoms with van der Waals surface area (Å²) >= 11 is 3.51. The van der Waals surface area contributed by atoms with Crippen molar-refractivity contribution in [1.82, 2.24) is 20.1 Å². The first-order chi connectivity index (χ1) is 13.5. The minimum absolute atomic E-state index is 0.110. The van der Waals surface area contributed by atoms with Crippen molar-refractivity contribution in [2.75, 3.05) is 13.7 Å². The number of hydrogen-bond acceptors (Lipinski definition) is 4. The third kappa shape index (κ3) is 3.30. The first kappa shape index (κ1) is 18.7. The fourth-order valence-electron chi connectivity index (χ4n) is 3.57. The lowest BCUT2D eigenvalue weighted by atomic mass is 9.85. The van der Waals surface area contributed by atoms with E-state index in [0.717, 1.165) is 39.3 Å². The second-order valence-corrected chi connectivity index (χ2v) is 8.01. The highest BCUT2D eigenvalue weighted by atomic mass is 79.9. The van der Waals surface area contributed by atoms with Crippen LogP contribution < -0.4 is 4.74 Å². The van der Waals surface area contributed by atoms with Crippen molar-refractivity contribution >= 4 is 21.8 Å². The molecule has 1 atom stereocenters. The Hall–Kier alpha value is -2.67. The molecule has 1 amide bonds. The first-order valence-corrected chi connectivity index (χ1v) is 9.89. The van der Waals surface area contributed by atoms with Crippen LogP contribution in [0.3, 0.4) is 0 Å². The molecule has 1 saturated heterocycles. The van der Waals surface area contributed by atoms with Crippen molar-refractivity contribution in [3.8, 4) is 17.1 Å². The van der Waals surface area contributed by atoms with Gasteiger partial charge >= 0.3 is 0 Å². The number of likely N-dealkylation sites (tertiary alicyclic amines) is 1. The highest BCUT2D eigenvalue weighted by molar-refractivity contribution is 9.10. The third-order valence-electron chi connectivity index (χ3n) is 5.35. The molecule has 3 heterocycles. The molecule has 0 aliphatic carbocycles. The van der Waals surface area contributed by atoms with Gasteiger partial charge in [-0.15, -0.1) is 0 Å². The van der Waals surface area contributed by atoms with Crippen molar-refractivity contribution in [2.45, 2.75) is 25.3 Å². The maximum Gasteiger partial charge on any atom is 0.234 e. The first-order valence-electron chi connectivity index (χ1n) is 9.10. The van der Waals surface area contributed by atoms with E-state index < -0.39 is 5.41 Å². The van der Waals surface area contributed by atoms with Crippen LogP contribution in [-0.4, -0.2) is 39.6 Å². The van der Waals surface area contributed by atoms with Crippen LogP contribution in [0, 0.1) is 0 Å². The van der Waals surface area contributed by atoms with Gasteiger partial charge in [0.1, 0.15) is 17.1 Å². The summed E-state index contributed by atoms with van der Waals surface area (Å²) in [5, 5.41) is 7.47. The lowest BCUT2D eigenvalue weighted by Gasteiger charge is -2.22. The Labute approximate surface area is 172 Å². The molecule has 144 valence electrons. The number of carbonyl (C=O) groups excluding carboxylic acids is 1. The van der Waals surface area contributed by atoms with Crippen LogP contribution in [0.2, 0.25) is 0 Å². The summed E-state index contributed by atoms with van der Waals surface area (Å²) in [7, 11) is 1.65. The summed E-state index contributed by atoms with van der Waals surface area (Å²) in [6.45, 7) is 3.28. The molecule has 1 aliphatic heterocycles. The van der Waals surface area contributed by atoms with Crippen LogP contribution in [0.4, 0.5) is 0 Å². The van der Waals surface area contributed by atoms with E-state index in [9.17, 15) is 4.79 Å². The van der Waals surface area contributed by atoms with Gasteiger partial charge in [0, 0.05) is 23.8 Å². The Bertz CT molecular complexity index is 1000. The number of ether oxygens (including phenoxy) is 1. The smallest absolute Gasteiger partial charge is 0.234 e. The maximum absolute atomic E-state index is 13.2. The molecule has 1 aromatic carbocycles. The van der Waals surface area contributed by atoms with Crippen molar-refractivity contribution in [2.24, 2.45) is 0 Å². The highest BCUT2D eigenvalue weighted by Crippen LogP contribution is 2.37. The standard InChI is InChI=1S/C21H21BrN4O2/c1-21(18-12-17(24-25-18)19-16(22)4-3-10-23-19)9-11-26(20(21)27)13-14-5-7-15(28-2)8-6-14/h3-8,10,12H,9,11,13H2,1-2H3,(H,24,25). The zero-order chi connectivity index (χ0) is 19.7. The topological polar surface area (TPSA) is 71.1 Å². The van der Waals surface area contributed by atoms with Gasteiger partial charge in [-0.25, -0.2) is 0 Å². The van der Waals surface area contributed by atoms with Crippen LogP contribution >= 0.6 is 15.9 Å². The van der Waals surface area contributed by atoms with Crippen molar-refractivity contribution in [3.05, 3.63) is 64.4 Å². The predicted octanol–water partition coefficient (Wildman–Crippen LogP) is 3.93. The number of amides is 1. The Balaban J connectivity index is 1.54. The molecule has 0 bridgehead atoms. The van der Waals surface area contributed by atoms with E-state index in [1.54, 1.807) is 13.3 Å². The van der Waals surface area contributed by atoms with E-state index >= 15 is 0 Å². The summed E-state index contributed by atoms with van der Waals surface area (Å²) in [4.78, 5) is 19.5. The van der Waals surface area contributed by atoms with Gasteiger partial charge in [-0.05, 0) is 65.2 Å². The maximum atomic E-state index is 13.2. The Kier molecular flexibility index (Phi) is 4.93. The Morgan fingerprint density at radius 1 is 1.29 bits per heavy atom. The van der Waals surface area contributed by atoms with Crippen molar-refractivity contribution < 1.29 is 9.53 Å². The normalized spacial score (nSPS) is 19.2. The number of pyridine rings is 1. The molecule has 7 heteroatoms. The highest BCUT2D eigenvalue weighted by Gasteiger charge is 2.45. The third-order valence-corrected chi connectivity index (χ3v) is 5.99. The molecule has 6 nitrogen and oxygen atoms in total. The van der Waals surface area contributed by atoms with E-state index in [-0.39, 0.29) is 5.91 Å². The van der Waals surface area contributed by atoms with E-state index in [0.29, 0.717) is 13.1 Å². The van der Waals surface area contributed by atoms with Gasteiger partial charge in [0.2, 0.25) is 5.91 Å². The number of benzene rings is 1. The molecule has 2 aromatic heterocycles. The molecular weight excluding hydrogens is 420 g/mol. The zero-order valence-electron chi connectivity index (χ0n) is 15.8. The molecule has 0 spiro atoms. The van der Waals surface area contributed by atoms with Gasteiger partial charge in [-0.1, -0.05) is 12.1 Å². The SMILES string of the molecule is COc1ccc(CN2CCC(C)(c3cc(-c4ncccc4Br)n[nH]3)C2=O)cc1. The summed E-state index contributed by atoms with van der Waals surface area (Å²) in [6.07, 6.45) is 2.47. The van der Waals surface area contributed by atoms with E-state index in [2.05, 4.69) is 31.1 Å². The number of methoxy groups -OCH3 is 1. The van der Waals surface area contributed by atoms with Gasteiger partial charge in [-0.3, -0.25) is 14.9 Å².